The summed E-state index contributed by atoms with van der Waals surface area (Å²) >= 11 is 6.12. The summed E-state index contributed by atoms with van der Waals surface area (Å²) in [6.45, 7) is 7.64. The number of aryl methyl sites for hydroxylation is 4. The molecule has 0 fully saturated rings. The van der Waals surface area contributed by atoms with Gasteiger partial charge in [0, 0.05) is 22.5 Å². The molecule has 0 aliphatic rings. The van der Waals surface area contributed by atoms with Gasteiger partial charge in [-0.2, -0.15) is 0 Å². The molecule has 2 aromatic carbocycles. The van der Waals surface area contributed by atoms with Gasteiger partial charge in [0.2, 0.25) is 5.91 Å². The number of ether oxygens (including phenoxy) is 1. The fraction of sp³-hybridized carbons (Fsp3) is 0.273. The number of anilines is 1. The second kappa shape index (κ2) is 7.68. The van der Waals surface area contributed by atoms with E-state index < -0.39 is 0 Å². The first-order valence-corrected chi connectivity index (χ1v) is 9.34. The van der Waals surface area contributed by atoms with Crippen LogP contribution in [0.2, 0.25) is 5.02 Å². The lowest BCUT2D eigenvalue weighted by molar-refractivity contribution is -0.116. The zero-order valence-corrected chi connectivity index (χ0v) is 17.4. The molecule has 0 saturated carbocycles. The Labute approximate surface area is 168 Å². The van der Waals surface area contributed by atoms with Gasteiger partial charge in [0.25, 0.3) is 5.56 Å². The number of carbonyl (C=O) groups excluding carboxylic acids is 1. The van der Waals surface area contributed by atoms with E-state index in [1.807, 2.05) is 39.8 Å². The van der Waals surface area contributed by atoms with Crippen LogP contribution in [0.4, 0.5) is 5.69 Å². The van der Waals surface area contributed by atoms with Gasteiger partial charge in [-0.1, -0.05) is 23.2 Å². The van der Waals surface area contributed by atoms with Gasteiger partial charge in [-0.05, 0) is 56.5 Å². The van der Waals surface area contributed by atoms with E-state index in [2.05, 4.69) is 5.32 Å². The van der Waals surface area contributed by atoms with E-state index in [0.717, 1.165) is 33.2 Å². The summed E-state index contributed by atoms with van der Waals surface area (Å²) in [5.74, 6) is 0.157. The number of rotatable bonds is 4. The molecule has 0 saturated heterocycles. The molecule has 0 unspecified atom stereocenters. The standard InChI is InChI=1S/C22H23ClN2O3/c1-12-6-15(4)22-16(7-12)13(2)9-21(27)25(22)11-20(26)24-18-8-14(3)17(23)10-19(18)28-5/h6-10H,11H2,1-5H3,(H,24,26). The summed E-state index contributed by atoms with van der Waals surface area (Å²) in [4.78, 5) is 25.4. The van der Waals surface area contributed by atoms with Gasteiger partial charge in [-0.15, -0.1) is 0 Å². The molecule has 1 amide bonds. The molecular weight excluding hydrogens is 376 g/mol. The highest BCUT2D eigenvalue weighted by Gasteiger charge is 2.15. The average molecular weight is 399 g/mol. The molecular formula is C22H23ClN2O3. The zero-order valence-electron chi connectivity index (χ0n) is 16.6. The number of pyridine rings is 1. The number of hydrogen-bond donors (Lipinski definition) is 1. The first-order chi connectivity index (χ1) is 13.2. The Balaban J connectivity index is 2.01. The Kier molecular flexibility index (Phi) is 5.47. The normalized spacial score (nSPS) is 10.9. The fourth-order valence-corrected chi connectivity index (χ4v) is 3.64. The molecule has 3 aromatic rings. The number of fused-ring (bicyclic) bond motifs is 1. The van der Waals surface area contributed by atoms with Crippen molar-refractivity contribution in [3.05, 3.63) is 68.0 Å². The minimum atomic E-state index is -0.313. The molecule has 0 radical (unpaired) electrons. The Morgan fingerprint density at radius 1 is 1.04 bits per heavy atom. The molecule has 6 heteroatoms. The quantitative estimate of drug-likeness (QED) is 0.702. The molecule has 146 valence electrons. The van der Waals surface area contributed by atoms with Crippen LogP contribution in [-0.2, 0) is 11.3 Å². The predicted octanol–water partition coefficient (Wildman–Crippen LogP) is 4.54. The van der Waals surface area contributed by atoms with E-state index in [0.29, 0.717) is 16.5 Å². The molecule has 3 rings (SSSR count). The molecule has 28 heavy (non-hydrogen) atoms. The highest BCUT2D eigenvalue weighted by atomic mass is 35.5. The molecule has 0 atom stereocenters. The number of carbonyl (C=O) groups is 1. The average Bonchev–Trinajstić information content (AvgIpc) is 2.61. The molecule has 1 heterocycles. The van der Waals surface area contributed by atoms with Gasteiger partial charge < -0.3 is 10.1 Å². The van der Waals surface area contributed by atoms with Crippen LogP contribution < -0.4 is 15.6 Å². The minimum Gasteiger partial charge on any atom is -0.495 e. The summed E-state index contributed by atoms with van der Waals surface area (Å²) < 4.78 is 6.82. The first kappa shape index (κ1) is 20.0. The molecule has 1 N–H and O–H groups in total. The van der Waals surface area contributed by atoms with Crippen molar-refractivity contribution < 1.29 is 9.53 Å². The SMILES string of the molecule is COc1cc(Cl)c(C)cc1NC(=O)Cn1c(=O)cc(C)c2cc(C)cc(C)c21. The van der Waals surface area contributed by atoms with Crippen LogP contribution in [-0.4, -0.2) is 17.6 Å². The van der Waals surface area contributed by atoms with E-state index in [1.165, 1.54) is 11.7 Å². The third-order valence-corrected chi connectivity index (χ3v) is 5.21. The highest BCUT2D eigenvalue weighted by Crippen LogP contribution is 2.31. The fourth-order valence-electron chi connectivity index (χ4n) is 3.49. The number of halogens is 1. The topological polar surface area (TPSA) is 60.3 Å². The van der Waals surface area contributed by atoms with Crippen LogP contribution in [0.1, 0.15) is 22.3 Å². The van der Waals surface area contributed by atoms with Crippen LogP contribution in [0.5, 0.6) is 5.75 Å². The lowest BCUT2D eigenvalue weighted by atomic mass is 10.0. The maximum Gasteiger partial charge on any atom is 0.251 e. The Morgan fingerprint density at radius 3 is 2.43 bits per heavy atom. The number of nitrogens with one attached hydrogen (secondary N) is 1. The minimum absolute atomic E-state index is 0.0929. The lowest BCUT2D eigenvalue weighted by Crippen LogP contribution is -2.28. The highest BCUT2D eigenvalue weighted by molar-refractivity contribution is 6.31. The summed E-state index contributed by atoms with van der Waals surface area (Å²) in [6, 6.07) is 9.04. The van der Waals surface area contributed by atoms with E-state index >= 15 is 0 Å². The van der Waals surface area contributed by atoms with Crippen LogP contribution in [0.15, 0.2) is 35.1 Å². The number of aromatic nitrogens is 1. The van der Waals surface area contributed by atoms with E-state index in [-0.39, 0.29) is 18.0 Å². The lowest BCUT2D eigenvalue weighted by Gasteiger charge is -2.16. The van der Waals surface area contributed by atoms with Crippen molar-refractivity contribution in [3.8, 4) is 5.75 Å². The van der Waals surface area contributed by atoms with Crippen molar-refractivity contribution in [2.75, 3.05) is 12.4 Å². The van der Waals surface area contributed by atoms with Crippen molar-refractivity contribution in [3.63, 3.8) is 0 Å². The van der Waals surface area contributed by atoms with Gasteiger partial charge in [0.15, 0.2) is 0 Å². The van der Waals surface area contributed by atoms with Gasteiger partial charge >= 0.3 is 0 Å². The summed E-state index contributed by atoms with van der Waals surface area (Å²) in [6.07, 6.45) is 0. The largest absolute Gasteiger partial charge is 0.495 e. The van der Waals surface area contributed by atoms with Gasteiger partial charge in [0.1, 0.15) is 12.3 Å². The van der Waals surface area contributed by atoms with Crippen LogP contribution in [0.25, 0.3) is 10.9 Å². The molecule has 5 nitrogen and oxygen atoms in total. The molecule has 0 aliphatic heterocycles. The maximum atomic E-state index is 12.7. The molecule has 0 bridgehead atoms. The molecule has 0 aliphatic carbocycles. The van der Waals surface area contributed by atoms with Crippen LogP contribution >= 0.6 is 11.6 Å². The Bertz CT molecular complexity index is 1150. The van der Waals surface area contributed by atoms with Crippen molar-refractivity contribution in [2.45, 2.75) is 34.2 Å². The third-order valence-electron chi connectivity index (χ3n) is 4.80. The summed E-state index contributed by atoms with van der Waals surface area (Å²) in [5, 5.41) is 4.37. The third kappa shape index (κ3) is 3.76. The van der Waals surface area contributed by atoms with E-state index in [4.69, 9.17) is 16.3 Å². The smallest absolute Gasteiger partial charge is 0.251 e. The van der Waals surface area contributed by atoms with Gasteiger partial charge in [0.05, 0.1) is 18.3 Å². The Morgan fingerprint density at radius 2 is 1.75 bits per heavy atom. The van der Waals surface area contributed by atoms with E-state index in [1.54, 1.807) is 18.2 Å². The van der Waals surface area contributed by atoms with Crippen LogP contribution in [0.3, 0.4) is 0 Å². The number of amides is 1. The predicted molar refractivity (Wildman–Crippen MR) is 114 cm³/mol. The zero-order chi connectivity index (χ0) is 20.6. The monoisotopic (exact) mass is 398 g/mol. The molecule has 1 aromatic heterocycles. The van der Waals surface area contributed by atoms with Crippen LogP contribution in [0, 0.1) is 27.7 Å². The molecule has 0 spiro atoms. The summed E-state index contributed by atoms with van der Waals surface area (Å²) in [7, 11) is 1.51. The van der Waals surface area contributed by atoms with Crippen molar-refractivity contribution in [1.82, 2.24) is 4.57 Å². The van der Waals surface area contributed by atoms with Crippen molar-refractivity contribution >= 4 is 34.1 Å². The first-order valence-electron chi connectivity index (χ1n) is 8.96. The van der Waals surface area contributed by atoms with Gasteiger partial charge in [-0.3, -0.25) is 14.2 Å². The van der Waals surface area contributed by atoms with Crippen molar-refractivity contribution in [1.29, 1.82) is 0 Å². The maximum absolute atomic E-state index is 12.7. The van der Waals surface area contributed by atoms with E-state index in [9.17, 15) is 9.59 Å². The number of methoxy groups -OCH3 is 1. The van der Waals surface area contributed by atoms with Gasteiger partial charge in [-0.25, -0.2) is 0 Å². The second-order valence-corrected chi connectivity index (χ2v) is 7.49. The number of hydrogen-bond acceptors (Lipinski definition) is 3. The number of benzene rings is 2. The number of nitrogens with zero attached hydrogens (tertiary/aromatic N) is 1. The Hall–Kier alpha value is -2.79. The second-order valence-electron chi connectivity index (χ2n) is 7.08. The summed E-state index contributed by atoms with van der Waals surface area (Å²) in [5.41, 5.74) is 4.90. The van der Waals surface area contributed by atoms with Crippen molar-refractivity contribution in [2.24, 2.45) is 0 Å².